The Bertz CT molecular complexity index is 327. The van der Waals surface area contributed by atoms with Gasteiger partial charge in [-0.05, 0) is 19.8 Å². The van der Waals surface area contributed by atoms with E-state index in [2.05, 4.69) is 26.1 Å². The molecule has 1 amide bonds. The lowest BCUT2D eigenvalue weighted by Gasteiger charge is -2.55. The van der Waals surface area contributed by atoms with Gasteiger partial charge in [-0.25, -0.2) is 0 Å². The van der Waals surface area contributed by atoms with Gasteiger partial charge in [-0.1, -0.05) is 20.8 Å². The first-order valence-electron chi connectivity index (χ1n) is 8.09. The van der Waals surface area contributed by atoms with Gasteiger partial charge < -0.3 is 19.7 Å². The van der Waals surface area contributed by atoms with Crippen molar-refractivity contribution in [1.82, 2.24) is 10.2 Å². The van der Waals surface area contributed by atoms with Crippen LogP contribution in [-0.4, -0.2) is 62.9 Å². The van der Waals surface area contributed by atoms with E-state index in [1.54, 1.807) is 7.11 Å². The maximum absolute atomic E-state index is 12.5. The summed E-state index contributed by atoms with van der Waals surface area (Å²) in [7, 11) is 1.66. The van der Waals surface area contributed by atoms with Crippen LogP contribution in [0.2, 0.25) is 0 Å². The monoisotopic (exact) mass is 336 g/mol. The summed E-state index contributed by atoms with van der Waals surface area (Å²) in [6, 6.07) is 0.283. The van der Waals surface area contributed by atoms with E-state index in [4.69, 9.17) is 9.47 Å². The zero-order valence-corrected chi connectivity index (χ0v) is 15.5. The fraction of sp³-hybridized carbons (Fsp3) is 0.938. The summed E-state index contributed by atoms with van der Waals surface area (Å²) < 4.78 is 10.8. The van der Waals surface area contributed by atoms with Crippen molar-refractivity contribution < 1.29 is 14.3 Å². The highest BCUT2D eigenvalue weighted by Crippen LogP contribution is 2.45. The Balaban J connectivity index is 0.00000441. The topological polar surface area (TPSA) is 50.8 Å². The molecule has 0 saturated heterocycles. The Hall–Kier alpha value is -0.360. The summed E-state index contributed by atoms with van der Waals surface area (Å²) in [5.74, 6) is 0.181. The van der Waals surface area contributed by atoms with E-state index in [1.807, 2.05) is 11.8 Å². The Morgan fingerprint density at radius 2 is 2.05 bits per heavy atom. The van der Waals surface area contributed by atoms with Gasteiger partial charge in [-0.15, -0.1) is 12.4 Å². The molecule has 6 heteroatoms. The smallest absolute Gasteiger partial charge is 0.236 e. The van der Waals surface area contributed by atoms with Crippen LogP contribution in [-0.2, 0) is 14.3 Å². The predicted octanol–water partition coefficient (Wildman–Crippen LogP) is 2.09. The molecule has 0 aromatic carbocycles. The molecule has 1 saturated carbocycles. The van der Waals surface area contributed by atoms with Crippen LogP contribution in [0.15, 0.2) is 0 Å². The number of nitrogens with zero attached hydrogens (tertiary/aromatic N) is 1. The molecule has 1 fully saturated rings. The number of nitrogens with one attached hydrogen (secondary N) is 1. The first-order valence-corrected chi connectivity index (χ1v) is 8.09. The number of carbonyl (C=O) groups excluding carboxylic acids is 1. The largest absolute Gasteiger partial charge is 0.383 e. The van der Waals surface area contributed by atoms with E-state index < -0.39 is 0 Å². The van der Waals surface area contributed by atoms with Gasteiger partial charge in [0, 0.05) is 38.3 Å². The number of carbonyl (C=O) groups is 1. The fourth-order valence-corrected chi connectivity index (χ4v) is 3.04. The molecule has 132 valence electrons. The van der Waals surface area contributed by atoms with Gasteiger partial charge in [0.25, 0.3) is 0 Å². The summed E-state index contributed by atoms with van der Waals surface area (Å²) in [6.07, 6.45) is 2.20. The van der Waals surface area contributed by atoms with Crippen molar-refractivity contribution >= 4 is 18.3 Å². The molecular formula is C16H33ClN2O3. The number of ether oxygens (including phenoxy) is 2. The molecule has 1 aliphatic rings. The molecule has 5 nitrogen and oxygen atoms in total. The molecule has 22 heavy (non-hydrogen) atoms. The Kier molecular flexibility index (Phi) is 10.3. The maximum Gasteiger partial charge on any atom is 0.236 e. The quantitative estimate of drug-likeness (QED) is 0.621. The molecule has 2 atom stereocenters. The Morgan fingerprint density at radius 1 is 1.36 bits per heavy atom. The third-order valence-corrected chi connectivity index (χ3v) is 4.41. The van der Waals surface area contributed by atoms with Crippen molar-refractivity contribution in [2.24, 2.45) is 5.41 Å². The Labute approximate surface area is 141 Å². The van der Waals surface area contributed by atoms with Crippen LogP contribution in [0.3, 0.4) is 0 Å². The minimum absolute atomic E-state index is 0. The number of rotatable bonds is 10. The van der Waals surface area contributed by atoms with Crippen LogP contribution in [0, 0.1) is 5.41 Å². The molecular weight excluding hydrogens is 304 g/mol. The SMILES string of the molecule is CCCN(C(=O)CNCCOC)C1CC(OCC)C1(C)C.Cl. The molecule has 0 aromatic heterocycles. The van der Waals surface area contributed by atoms with Crippen molar-refractivity contribution in [3.8, 4) is 0 Å². The van der Waals surface area contributed by atoms with Crippen LogP contribution in [0.1, 0.15) is 40.5 Å². The number of methoxy groups -OCH3 is 1. The van der Waals surface area contributed by atoms with Crippen molar-refractivity contribution in [3.63, 3.8) is 0 Å². The molecule has 0 aromatic rings. The van der Waals surface area contributed by atoms with Crippen LogP contribution in [0.25, 0.3) is 0 Å². The maximum atomic E-state index is 12.5. The number of halogens is 1. The summed E-state index contributed by atoms with van der Waals surface area (Å²) in [5.41, 5.74) is 0.0351. The molecule has 0 radical (unpaired) electrons. The van der Waals surface area contributed by atoms with E-state index in [9.17, 15) is 4.79 Å². The first kappa shape index (κ1) is 21.6. The van der Waals surface area contributed by atoms with E-state index >= 15 is 0 Å². The summed E-state index contributed by atoms with van der Waals surface area (Å²) >= 11 is 0. The number of amides is 1. The lowest BCUT2D eigenvalue weighted by molar-refractivity contribution is -0.166. The third-order valence-electron chi connectivity index (χ3n) is 4.41. The lowest BCUT2D eigenvalue weighted by Crippen LogP contribution is -2.64. The second kappa shape index (κ2) is 10.4. The highest BCUT2D eigenvalue weighted by atomic mass is 35.5. The lowest BCUT2D eigenvalue weighted by atomic mass is 9.63. The average Bonchev–Trinajstić information content (AvgIpc) is 2.45. The summed E-state index contributed by atoms with van der Waals surface area (Å²) in [6.45, 7) is 11.8. The fourth-order valence-electron chi connectivity index (χ4n) is 3.04. The molecule has 0 heterocycles. The zero-order chi connectivity index (χ0) is 15.9. The zero-order valence-electron chi connectivity index (χ0n) is 14.7. The van der Waals surface area contributed by atoms with Gasteiger partial charge >= 0.3 is 0 Å². The van der Waals surface area contributed by atoms with Gasteiger partial charge in [0.2, 0.25) is 5.91 Å². The molecule has 1 aliphatic carbocycles. The van der Waals surface area contributed by atoms with Crippen LogP contribution >= 0.6 is 12.4 Å². The van der Waals surface area contributed by atoms with Crippen molar-refractivity contribution in [2.75, 3.05) is 40.0 Å². The van der Waals surface area contributed by atoms with Gasteiger partial charge in [-0.3, -0.25) is 4.79 Å². The van der Waals surface area contributed by atoms with Crippen molar-refractivity contribution in [1.29, 1.82) is 0 Å². The molecule has 0 spiro atoms. The van der Waals surface area contributed by atoms with E-state index in [0.29, 0.717) is 19.7 Å². The molecule has 0 bridgehead atoms. The van der Waals surface area contributed by atoms with Gasteiger partial charge in [-0.2, -0.15) is 0 Å². The average molecular weight is 337 g/mol. The van der Waals surface area contributed by atoms with Crippen molar-refractivity contribution in [3.05, 3.63) is 0 Å². The van der Waals surface area contributed by atoms with E-state index in [1.165, 1.54) is 0 Å². The highest BCUT2D eigenvalue weighted by molar-refractivity contribution is 5.85. The predicted molar refractivity (Wildman–Crippen MR) is 91.6 cm³/mol. The molecule has 0 aliphatic heterocycles. The summed E-state index contributed by atoms with van der Waals surface area (Å²) in [5, 5.41) is 3.14. The second-order valence-electron chi connectivity index (χ2n) is 6.27. The third kappa shape index (κ3) is 5.37. The van der Waals surface area contributed by atoms with Gasteiger partial charge in [0.05, 0.1) is 19.3 Å². The van der Waals surface area contributed by atoms with Crippen LogP contribution < -0.4 is 5.32 Å². The second-order valence-corrected chi connectivity index (χ2v) is 6.27. The number of hydrogen-bond donors (Lipinski definition) is 1. The molecule has 1 N–H and O–H groups in total. The van der Waals surface area contributed by atoms with E-state index in [-0.39, 0.29) is 35.9 Å². The highest BCUT2D eigenvalue weighted by Gasteiger charge is 2.52. The normalized spacial score (nSPS) is 22.6. The number of hydrogen-bond acceptors (Lipinski definition) is 4. The van der Waals surface area contributed by atoms with Gasteiger partial charge in [0.1, 0.15) is 0 Å². The minimum Gasteiger partial charge on any atom is -0.383 e. The molecule has 1 rings (SSSR count). The summed E-state index contributed by atoms with van der Waals surface area (Å²) in [4.78, 5) is 14.5. The molecule has 2 unspecified atom stereocenters. The van der Waals surface area contributed by atoms with Crippen molar-refractivity contribution in [2.45, 2.75) is 52.7 Å². The van der Waals surface area contributed by atoms with Crippen LogP contribution in [0.5, 0.6) is 0 Å². The Morgan fingerprint density at radius 3 is 2.55 bits per heavy atom. The minimum atomic E-state index is 0. The first-order chi connectivity index (χ1) is 9.98. The van der Waals surface area contributed by atoms with E-state index in [0.717, 1.165) is 26.0 Å². The standard InChI is InChI=1S/C16H32N2O3.ClH/c1-6-9-18(15(19)12-17-8-10-20-5)13-11-14(21-7-2)16(13,3)4;/h13-14,17H,6-12H2,1-5H3;1H. The van der Waals surface area contributed by atoms with Gasteiger partial charge in [0.15, 0.2) is 0 Å². The van der Waals surface area contributed by atoms with Crippen LogP contribution in [0.4, 0.5) is 0 Å².